The highest BCUT2D eigenvalue weighted by molar-refractivity contribution is 6.31. The molecule has 2 rings (SSSR count). The summed E-state index contributed by atoms with van der Waals surface area (Å²) >= 11 is 5.89. The number of nitrogens with two attached hydrogens (primary N) is 1. The first-order chi connectivity index (χ1) is 9.10. The Hall–Kier alpha value is -2.20. The lowest BCUT2D eigenvalue weighted by Crippen LogP contribution is -2.14. The third-order valence-corrected chi connectivity index (χ3v) is 2.81. The van der Waals surface area contributed by atoms with Crippen molar-refractivity contribution in [2.45, 2.75) is 6.92 Å². The van der Waals surface area contributed by atoms with E-state index >= 15 is 0 Å². The fourth-order valence-electron chi connectivity index (χ4n) is 1.58. The second kappa shape index (κ2) is 5.63. The summed E-state index contributed by atoms with van der Waals surface area (Å²) in [6, 6.07) is 12.5. The standard InChI is InChI=1S/C14H13ClN2O2/c1-9-2-5-11(6-3-9)19-13-7-4-10(15)8-12(13)14(16)17-18/h2-8,18H,1H3,(H2,16,17). The average Bonchev–Trinajstić information content (AvgIpc) is 2.42. The topological polar surface area (TPSA) is 67.8 Å². The molecular formula is C14H13ClN2O2. The zero-order chi connectivity index (χ0) is 13.8. The van der Waals surface area contributed by atoms with E-state index < -0.39 is 0 Å². The molecule has 0 aromatic heterocycles. The number of hydrogen-bond acceptors (Lipinski definition) is 3. The van der Waals surface area contributed by atoms with E-state index in [2.05, 4.69) is 5.16 Å². The van der Waals surface area contributed by atoms with E-state index in [1.54, 1.807) is 18.2 Å². The summed E-state index contributed by atoms with van der Waals surface area (Å²) in [6.07, 6.45) is 0. The molecule has 4 nitrogen and oxygen atoms in total. The highest BCUT2D eigenvalue weighted by atomic mass is 35.5. The molecule has 0 bridgehead atoms. The molecule has 0 saturated carbocycles. The second-order valence-corrected chi connectivity index (χ2v) is 4.48. The van der Waals surface area contributed by atoms with Crippen molar-refractivity contribution in [1.82, 2.24) is 0 Å². The van der Waals surface area contributed by atoms with Gasteiger partial charge in [-0.05, 0) is 37.3 Å². The summed E-state index contributed by atoms with van der Waals surface area (Å²) in [6.45, 7) is 1.99. The van der Waals surface area contributed by atoms with Crippen molar-refractivity contribution in [3.8, 4) is 11.5 Å². The quantitative estimate of drug-likeness (QED) is 0.390. The fourth-order valence-corrected chi connectivity index (χ4v) is 1.75. The van der Waals surface area contributed by atoms with Crippen LogP contribution in [0.15, 0.2) is 47.6 Å². The van der Waals surface area contributed by atoms with Crippen LogP contribution in [0.2, 0.25) is 5.02 Å². The van der Waals surface area contributed by atoms with E-state index in [4.69, 9.17) is 27.3 Å². The predicted octanol–water partition coefficient (Wildman–Crippen LogP) is 3.54. The maximum Gasteiger partial charge on any atom is 0.173 e. The van der Waals surface area contributed by atoms with E-state index in [-0.39, 0.29) is 5.84 Å². The Morgan fingerprint density at radius 1 is 1.21 bits per heavy atom. The average molecular weight is 277 g/mol. The molecular weight excluding hydrogens is 264 g/mol. The summed E-state index contributed by atoms with van der Waals surface area (Å²) in [5.74, 6) is 1.09. The Labute approximate surface area is 116 Å². The third-order valence-electron chi connectivity index (χ3n) is 2.57. The van der Waals surface area contributed by atoms with Crippen LogP contribution >= 0.6 is 11.6 Å². The molecule has 0 saturated heterocycles. The lowest BCUT2D eigenvalue weighted by atomic mass is 10.2. The largest absolute Gasteiger partial charge is 0.457 e. The number of benzene rings is 2. The highest BCUT2D eigenvalue weighted by Crippen LogP contribution is 2.28. The summed E-state index contributed by atoms with van der Waals surface area (Å²) < 4.78 is 5.71. The molecule has 0 spiro atoms. The molecule has 0 atom stereocenters. The van der Waals surface area contributed by atoms with Gasteiger partial charge in [0.25, 0.3) is 0 Å². The van der Waals surface area contributed by atoms with Crippen LogP contribution in [0.5, 0.6) is 11.5 Å². The molecule has 0 unspecified atom stereocenters. The van der Waals surface area contributed by atoms with Gasteiger partial charge in [-0.2, -0.15) is 0 Å². The lowest BCUT2D eigenvalue weighted by Gasteiger charge is -2.10. The van der Waals surface area contributed by atoms with Gasteiger partial charge in [-0.3, -0.25) is 0 Å². The number of hydrogen-bond donors (Lipinski definition) is 2. The van der Waals surface area contributed by atoms with Crippen LogP contribution in [0.3, 0.4) is 0 Å². The van der Waals surface area contributed by atoms with E-state index in [1.807, 2.05) is 31.2 Å². The van der Waals surface area contributed by atoms with Gasteiger partial charge in [0.2, 0.25) is 0 Å². The normalized spacial score (nSPS) is 11.4. The van der Waals surface area contributed by atoms with Gasteiger partial charge >= 0.3 is 0 Å². The highest BCUT2D eigenvalue weighted by Gasteiger charge is 2.10. The summed E-state index contributed by atoms with van der Waals surface area (Å²) in [5, 5.41) is 12.2. The summed E-state index contributed by atoms with van der Waals surface area (Å²) in [4.78, 5) is 0. The van der Waals surface area contributed by atoms with Gasteiger partial charge in [-0.15, -0.1) is 0 Å². The molecule has 0 aliphatic rings. The van der Waals surface area contributed by atoms with Crippen LogP contribution in [-0.4, -0.2) is 11.0 Å². The Kier molecular flexibility index (Phi) is 3.92. The number of aryl methyl sites for hydroxylation is 1. The molecule has 0 amide bonds. The Balaban J connectivity index is 2.37. The van der Waals surface area contributed by atoms with E-state index in [0.717, 1.165) is 5.56 Å². The minimum absolute atomic E-state index is 0.0513. The number of halogens is 1. The van der Waals surface area contributed by atoms with Gasteiger partial charge in [0.05, 0.1) is 5.56 Å². The van der Waals surface area contributed by atoms with E-state index in [1.165, 1.54) is 0 Å². The maximum absolute atomic E-state index is 8.77. The second-order valence-electron chi connectivity index (χ2n) is 4.04. The van der Waals surface area contributed by atoms with Gasteiger partial charge in [0.1, 0.15) is 11.5 Å². The summed E-state index contributed by atoms with van der Waals surface area (Å²) in [7, 11) is 0. The zero-order valence-corrected chi connectivity index (χ0v) is 11.1. The zero-order valence-electron chi connectivity index (χ0n) is 10.3. The summed E-state index contributed by atoms with van der Waals surface area (Å²) in [5.41, 5.74) is 7.18. The van der Waals surface area contributed by atoms with Gasteiger partial charge in [-0.1, -0.05) is 34.5 Å². The molecule has 2 aromatic rings. The first kappa shape index (κ1) is 13.2. The fraction of sp³-hybridized carbons (Fsp3) is 0.0714. The molecule has 0 heterocycles. The Morgan fingerprint density at radius 2 is 1.89 bits per heavy atom. The van der Waals surface area contributed by atoms with Crippen molar-refractivity contribution in [3.05, 3.63) is 58.6 Å². The first-order valence-electron chi connectivity index (χ1n) is 5.62. The lowest BCUT2D eigenvalue weighted by molar-refractivity contribution is 0.318. The number of nitrogens with zero attached hydrogens (tertiary/aromatic N) is 1. The van der Waals surface area contributed by atoms with Crippen molar-refractivity contribution < 1.29 is 9.94 Å². The van der Waals surface area contributed by atoms with Crippen molar-refractivity contribution >= 4 is 17.4 Å². The molecule has 0 aliphatic carbocycles. The van der Waals surface area contributed by atoms with Crippen LogP contribution in [0.4, 0.5) is 0 Å². The minimum atomic E-state index is -0.0513. The van der Waals surface area contributed by atoms with Crippen LogP contribution < -0.4 is 10.5 Å². The van der Waals surface area contributed by atoms with E-state index in [9.17, 15) is 0 Å². The number of ether oxygens (including phenoxy) is 1. The van der Waals surface area contributed by atoms with Crippen molar-refractivity contribution in [2.24, 2.45) is 10.9 Å². The molecule has 0 radical (unpaired) electrons. The van der Waals surface area contributed by atoms with Gasteiger partial charge in [0.15, 0.2) is 5.84 Å². The van der Waals surface area contributed by atoms with Crippen molar-refractivity contribution in [2.75, 3.05) is 0 Å². The van der Waals surface area contributed by atoms with Crippen molar-refractivity contribution in [1.29, 1.82) is 0 Å². The molecule has 5 heteroatoms. The molecule has 0 aliphatic heterocycles. The molecule has 98 valence electrons. The third kappa shape index (κ3) is 3.17. The predicted molar refractivity (Wildman–Crippen MR) is 75.2 cm³/mol. The van der Waals surface area contributed by atoms with Crippen LogP contribution in [0.25, 0.3) is 0 Å². The molecule has 0 fully saturated rings. The maximum atomic E-state index is 8.77. The molecule has 3 N–H and O–H groups in total. The Bertz CT molecular complexity index is 609. The molecule has 2 aromatic carbocycles. The van der Waals surface area contributed by atoms with Gasteiger partial charge in [0, 0.05) is 5.02 Å². The van der Waals surface area contributed by atoms with E-state index in [0.29, 0.717) is 22.1 Å². The number of rotatable bonds is 3. The van der Waals surface area contributed by atoms with Gasteiger partial charge < -0.3 is 15.7 Å². The smallest absolute Gasteiger partial charge is 0.173 e. The van der Waals surface area contributed by atoms with Gasteiger partial charge in [-0.25, -0.2) is 0 Å². The Morgan fingerprint density at radius 3 is 2.53 bits per heavy atom. The van der Waals surface area contributed by atoms with Crippen LogP contribution in [0.1, 0.15) is 11.1 Å². The SMILES string of the molecule is Cc1ccc(Oc2ccc(Cl)cc2C(N)=NO)cc1. The molecule has 19 heavy (non-hydrogen) atoms. The monoisotopic (exact) mass is 276 g/mol. The first-order valence-corrected chi connectivity index (χ1v) is 6.00. The van der Waals surface area contributed by atoms with Crippen LogP contribution in [-0.2, 0) is 0 Å². The number of amidine groups is 1. The van der Waals surface area contributed by atoms with Crippen LogP contribution in [0, 0.1) is 6.92 Å². The number of oxime groups is 1. The van der Waals surface area contributed by atoms with Crippen molar-refractivity contribution in [3.63, 3.8) is 0 Å². The minimum Gasteiger partial charge on any atom is -0.457 e.